The maximum Gasteiger partial charge on any atom is 0.404 e. The number of imide groups is 1. The van der Waals surface area contributed by atoms with Gasteiger partial charge in [0.15, 0.2) is 5.54 Å². The van der Waals surface area contributed by atoms with E-state index in [9.17, 15) is 14.4 Å². The zero-order valence-electron chi connectivity index (χ0n) is 10.1. The Morgan fingerprint density at radius 1 is 1.58 bits per heavy atom. The molecule has 1 atom stereocenters. The van der Waals surface area contributed by atoms with Crippen molar-refractivity contribution in [3.63, 3.8) is 0 Å². The van der Waals surface area contributed by atoms with Gasteiger partial charge < -0.3 is 15.7 Å². The number of aromatic nitrogens is 2. The van der Waals surface area contributed by atoms with Gasteiger partial charge in [-0.25, -0.2) is 9.59 Å². The summed E-state index contributed by atoms with van der Waals surface area (Å²) in [6.45, 7) is 2.04. The summed E-state index contributed by atoms with van der Waals surface area (Å²) in [7, 11) is 0. The van der Waals surface area contributed by atoms with Crippen molar-refractivity contribution in [3.05, 3.63) is 18.0 Å². The minimum Gasteiger partial charge on any atom is -0.465 e. The van der Waals surface area contributed by atoms with Crippen LogP contribution in [-0.2, 0) is 16.9 Å². The molecule has 0 spiro atoms. The van der Waals surface area contributed by atoms with Crippen molar-refractivity contribution >= 4 is 18.0 Å². The largest absolute Gasteiger partial charge is 0.465 e. The van der Waals surface area contributed by atoms with E-state index in [1.807, 2.05) is 6.92 Å². The second-order valence-corrected chi connectivity index (χ2v) is 4.00. The predicted octanol–water partition coefficient (Wildman–Crippen LogP) is -0.795. The van der Waals surface area contributed by atoms with Gasteiger partial charge in [-0.15, -0.1) is 0 Å². The van der Waals surface area contributed by atoms with Crippen LogP contribution in [-0.4, -0.2) is 39.5 Å². The van der Waals surface area contributed by atoms with E-state index in [-0.39, 0.29) is 6.54 Å². The number of carbonyl (C=O) groups excluding carboxylic acids is 2. The van der Waals surface area contributed by atoms with Crippen LogP contribution in [0.25, 0.3) is 0 Å². The molecular weight excluding hydrogens is 254 g/mol. The molecule has 19 heavy (non-hydrogen) atoms. The highest BCUT2D eigenvalue weighted by Gasteiger charge is 2.50. The molecule has 0 saturated carbocycles. The Bertz CT molecular complexity index is 540. The molecule has 9 heteroatoms. The van der Waals surface area contributed by atoms with Gasteiger partial charge in [-0.2, -0.15) is 5.10 Å². The zero-order chi connectivity index (χ0) is 14.0. The van der Waals surface area contributed by atoms with E-state index < -0.39 is 23.6 Å². The summed E-state index contributed by atoms with van der Waals surface area (Å²) in [4.78, 5) is 34.0. The summed E-state index contributed by atoms with van der Waals surface area (Å²) >= 11 is 0. The van der Waals surface area contributed by atoms with Gasteiger partial charge in [0.05, 0.1) is 12.2 Å². The fourth-order valence-corrected chi connectivity index (χ4v) is 2.04. The molecule has 0 aromatic carbocycles. The Morgan fingerprint density at radius 2 is 2.32 bits per heavy atom. The Hall–Kier alpha value is -2.58. The van der Waals surface area contributed by atoms with Gasteiger partial charge in [-0.05, 0) is 13.0 Å². The van der Waals surface area contributed by atoms with Crippen LogP contribution in [0.1, 0.15) is 12.6 Å². The highest BCUT2D eigenvalue weighted by Crippen LogP contribution is 2.24. The fourth-order valence-electron chi connectivity index (χ4n) is 2.04. The number of amides is 4. The maximum atomic E-state index is 12.0. The maximum absolute atomic E-state index is 12.0. The number of hydrogen-bond acceptors (Lipinski definition) is 4. The van der Waals surface area contributed by atoms with Crippen LogP contribution in [0.5, 0.6) is 0 Å². The monoisotopic (exact) mass is 267 g/mol. The molecule has 4 N–H and O–H groups in total. The molecule has 1 aromatic rings. The van der Waals surface area contributed by atoms with Crippen molar-refractivity contribution in [1.29, 1.82) is 0 Å². The zero-order valence-corrected chi connectivity index (χ0v) is 10.1. The molecule has 2 rings (SSSR count). The van der Waals surface area contributed by atoms with Crippen molar-refractivity contribution < 1.29 is 19.5 Å². The lowest BCUT2D eigenvalue weighted by molar-refractivity contribution is -0.124. The van der Waals surface area contributed by atoms with E-state index in [4.69, 9.17) is 5.11 Å². The number of carboxylic acid groups (broad SMARTS) is 1. The third kappa shape index (κ3) is 2.09. The number of urea groups is 1. The molecule has 0 bridgehead atoms. The first-order chi connectivity index (χ1) is 8.99. The van der Waals surface area contributed by atoms with E-state index in [2.05, 4.69) is 21.0 Å². The highest BCUT2D eigenvalue weighted by molar-refractivity contribution is 6.07. The number of nitrogens with zero attached hydrogens (tertiary/aromatic N) is 2. The number of aryl methyl sites for hydroxylation is 1. The van der Waals surface area contributed by atoms with Gasteiger partial charge in [-0.1, -0.05) is 0 Å². The molecule has 0 radical (unpaired) electrons. The summed E-state index contributed by atoms with van der Waals surface area (Å²) in [6, 6.07) is 0.902. The van der Waals surface area contributed by atoms with Crippen molar-refractivity contribution in [1.82, 2.24) is 25.7 Å². The lowest BCUT2D eigenvalue weighted by Crippen LogP contribution is -2.53. The number of nitrogens with one attached hydrogen (secondary N) is 3. The third-order valence-corrected chi connectivity index (χ3v) is 2.90. The molecule has 1 aliphatic heterocycles. The number of rotatable bonds is 4. The van der Waals surface area contributed by atoms with E-state index in [0.717, 1.165) is 0 Å². The predicted molar refractivity (Wildman–Crippen MR) is 62.3 cm³/mol. The fraction of sp³-hybridized carbons (Fsp3) is 0.400. The van der Waals surface area contributed by atoms with Gasteiger partial charge in [0.2, 0.25) is 0 Å². The molecule has 102 valence electrons. The van der Waals surface area contributed by atoms with Gasteiger partial charge >= 0.3 is 12.1 Å². The molecule has 1 aliphatic rings. The second-order valence-electron chi connectivity index (χ2n) is 4.00. The third-order valence-electron chi connectivity index (χ3n) is 2.90. The topological polar surface area (TPSA) is 125 Å². The Labute approximate surface area is 108 Å². The minimum atomic E-state index is -1.47. The van der Waals surface area contributed by atoms with E-state index in [1.165, 1.54) is 10.9 Å². The summed E-state index contributed by atoms with van der Waals surface area (Å²) in [5.41, 5.74) is -1.05. The molecule has 1 saturated heterocycles. The SMILES string of the molecule is CCn1nccc1C1(CNC(=O)O)NC(=O)NC1=O. The first kappa shape index (κ1) is 12.9. The Balaban J connectivity index is 2.42. The summed E-state index contributed by atoms with van der Waals surface area (Å²) in [6.07, 6.45) is 0.204. The van der Waals surface area contributed by atoms with Crippen LogP contribution < -0.4 is 16.0 Å². The first-order valence-electron chi connectivity index (χ1n) is 5.62. The Morgan fingerprint density at radius 3 is 2.84 bits per heavy atom. The van der Waals surface area contributed by atoms with Crippen LogP contribution in [0.15, 0.2) is 12.3 Å². The molecular formula is C10H13N5O4. The summed E-state index contributed by atoms with van der Waals surface area (Å²) < 4.78 is 1.52. The van der Waals surface area contributed by atoms with Gasteiger partial charge in [-0.3, -0.25) is 14.8 Å². The second kappa shape index (κ2) is 4.59. The molecule has 1 fully saturated rings. The lowest BCUT2D eigenvalue weighted by Gasteiger charge is -2.26. The average Bonchev–Trinajstić information content (AvgIpc) is 2.91. The molecule has 2 heterocycles. The van der Waals surface area contributed by atoms with Crippen LogP contribution in [0, 0.1) is 0 Å². The molecule has 9 nitrogen and oxygen atoms in total. The van der Waals surface area contributed by atoms with E-state index in [0.29, 0.717) is 12.2 Å². The molecule has 1 aromatic heterocycles. The van der Waals surface area contributed by atoms with Crippen LogP contribution in [0.2, 0.25) is 0 Å². The van der Waals surface area contributed by atoms with E-state index >= 15 is 0 Å². The molecule has 1 unspecified atom stereocenters. The lowest BCUT2D eigenvalue weighted by atomic mass is 9.95. The normalized spacial score (nSPS) is 21.9. The van der Waals surface area contributed by atoms with Crippen molar-refractivity contribution in [2.75, 3.05) is 6.54 Å². The smallest absolute Gasteiger partial charge is 0.404 e. The number of carbonyl (C=O) groups is 3. The average molecular weight is 267 g/mol. The summed E-state index contributed by atoms with van der Waals surface area (Å²) in [5, 5.41) is 19.4. The van der Waals surface area contributed by atoms with Crippen LogP contribution >= 0.6 is 0 Å². The quantitative estimate of drug-likeness (QED) is 0.532. The van der Waals surface area contributed by atoms with Crippen molar-refractivity contribution in [2.45, 2.75) is 19.0 Å². The Kier molecular flexibility index (Phi) is 3.11. The highest BCUT2D eigenvalue weighted by atomic mass is 16.4. The van der Waals surface area contributed by atoms with Crippen molar-refractivity contribution in [3.8, 4) is 0 Å². The molecule has 4 amide bonds. The minimum absolute atomic E-state index is 0.272. The van der Waals surface area contributed by atoms with Gasteiger partial charge in [0.25, 0.3) is 5.91 Å². The standard InChI is InChI=1S/C10H13N5O4/c1-2-15-6(3-4-12-15)10(5-11-9(18)19)7(16)13-8(17)14-10/h3-4,11H,2,5H2,1H3,(H,18,19)(H2,13,14,16,17). The van der Waals surface area contributed by atoms with Crippen LogP contribution in [0.4, 0.5) is 9.59 Å². The first-order valence-corrected chi connectivity index (χ1v) is 5.62. The molecule has 0 aliphatic carbocycles. The summed E-state index contributed by atoms with van der Waals surface area (Å²) in [5.74, 6) is -0.610. The van der Waals surface area contributed by atoms with Gasteiger partial charge in [0.1, 0.15) is 0 Å². The van der Waals surface area contributed by atoms with Crippen molar-refractivity contribution in [2.24, 2.45) is 0 Å². The number of hydrogen-bond donors (Lipinski definition) is 4. The van der Waals surface area contributed by atoms with Crippen LogP contribution in [0.3, 0.4) is 0 Å². The van der Waals surface area contributed by atoms with Gasteiger partial charge in [0, 0.05) is 12.7 Å². The van der Waals surface area contributed by atoms with E-state index in [1.54, 1.807) is 6.07 Å².